The molecule has 2 heterocycles. The van der Waals surface area contributed by atoms with Gasteiger partial charge in [0.05, 0.1) is 56.6 Å². The summed E-state index contributed by atoms with van der Waals surface area (Å²) in [4.78, 5) is 0. The maximum atomic E-state index is 10.2. The van der Waals surface area contributed by atoms with Gasteiger partial charge in [-0.05, 0) is 71.8 Å². The molecular weight excluding hydrogens is 611 g/mol. The van der Waals surface area contributed by atoms with E-state index in [9.17, 15) is 15.8 Å². The summed E-state index contributed by atoms with van der Waals surface area (Å²) in [7, 11) is 0. The molecule has 0 atom stereocenters. The summed E-state index contributed by atoms with van der Waals surface area (Å²) in [6.45, 7) is 0. The van der Waals surface area contributed by atoms with Crippen LogP contribution in [0.2, 0.25) is 0 Å². The Hall–Kier alpha value is -7.39. The van der Waals surface area contributed by atoms with Crippen molar-refractivity contribution in [2.24, 2.45) is 0 Å². The molecule has 9 rings (SSSR count). The van der Waals surface area contributed by atoms with Gasteiger partial charge in [-0.15, -0.1) is 0 Å². The van der Waals surface area contributed by atoms with Crippen LogP contribution in [-0.4, -0.2) is 9.13 Å². The molecule has 5 heteroatoms. The van der Waals surface area contributed by atoms with Gasteiger partial charge in [-0.1, -0.05) is 91.0 Å². The zero-order chi connectivity index (χ0) is 33.8. The summed E-state index contributed by atoms with van der Waals surface area (Å²) < 4.78 is 4.40. The Labute approximate surface area is 287 Å². The van der Waals surface area contributed by atoms with Gasteiger partial charge in [0.15, 0.2) is 0 Å². The molecule has 230 valence electrons. The lowest BCUT2D eigenvalue weighted by Gasteiger charge is -2.15. The first kappa shape index (κ1) is 28.8. The summed E-state index contributed by atoms with van der Waals surface area (Å²) >= 11 is 0. The van der Waals surface area contributed by atoms with E-state index in [1.807, 2.05) is 78.9 Å². The van der Waals surface area contributed by atoms with E-state index in [4.69, 9.17) is 0 Å². The number of para-hydroxylation sites is 4. The number of nitrogens with zero attached hydrogens (tertiary/aromatic N) is 5. The van der Waals surface area contributed by atoms with E-state index in [1.165, 1.54) is 0 Å². The normalized spacial score (nSPS) is 11.1. The van der Waals surface area contributed by atoms with Crippen LogP contribution in [0.3, 0.4) is 0 Å². The fourth-order valence-electron chi connectivity index (χ4n) is 7.43. The highest BCUT2D eigenvalue weighted by Crippen LogP contribution is 2.39. The lowest BCUT2D eigenvalue weighted by atomic mass is 9.96. The number of rotatable bonds is 4. The number of aromatic nitrogens is 2. The maximum Gasteiger partial charge on any atom is 0.101 e. The van der Waals surface area contributed by atoms with Crippen molar-refractivity contribution in [2.45, 2.75) is 0 Å². The minimum Gasteiger partial charge on any atom is -0.309 e. The fraction of sp³-hybridized carbons (Fsp3) is 0. The molecule has 0 bridgehead atoms. The van der Waals surface area contributed by atoms with Crippen LogP contribution in [0.15, 0.2) is 152 Å². The average molecular weight is 636 g/mol. The SMILES string of the molecule is N#Cc1ccc2c(c1)c1ccccc1n2-c1ccc(C#N)c(-c2ccc(-c3ccccc3-n3c4ccccc4c4cccc(C#N)c43)cc2)c1. The van der Waals surface area contributed by atoms with Crippen molar-refractivity contribution in [3.05, 3.63) is 168 Å². The van der Waals surface area contributed by atoms with Gasteiger partial charge in [0, 0.05) is 38.4 Å². The second-order valence-electron chi connectivity index (χ2n) is 12.3. The number of hydrogen-bond donors (Lipinski definition) is 0. The van der Waals surface area contributed by atoms with Crippen molar-refractivity contribution in [3.8, 4) is 51.8 Å². The molecule has 0 fully saturated rings. The van der Waals surface area contributed by atoms with Crippen LogP contribution in [0.4, 0.5) is 0 Å². The van der Waals surface area contributed by atoms with E-state index in [0.29, 0.717) is 16.7 Å². The van der Waals surface area contributed by atoms with Gasteiger partial charge in [0.25, 0.3) is 0 Å². The Kier molecular flexibility index (Phi) is 6.56. The molecule has 0 radical (unpaired) electrons. The highest BCUT2D eigenvalue weighted by Gasteiger charge is 2.19. The summed E-state index contributed by atoms with van der Waals surface area (Å²) in [5.41, 5.74) is 11.5. The van der Waals surface area contributed by atoms with Crippen molar-refractivity contribution in [1.29, 1.82) is 15.8 Å². The van der Waals surface area contributed by atoms with E-state index in [1.54, 1.807) is 0 Å². The fourth-order valence-corrected chi connectivity index (χ4v) is 7.43. The molecule has 0 aliphatic heterocycles. The molecule has 5 nitrogen and oxygen atoms in total. The first-order chi connectivity index (χ1) is 24.7. The molecule has 50 heavy (non-hydrogen) atoms. The second kappa shape index (κ2) is 11.4. The van der Waals surface area contributed by atoms with E-state index in [-0.39, 0.29) is 0 Å². The third-order valence-electron chi connectivity index (χ3n) is 9.65. The van der Waals surface area contributed by atoms with Crippen molar-refractivity contribution in [3.63, 3.8) is 0 Å². The van der Waals surface area contributed by atoms with Crippen molar-refractivity contribution in [2.75, 3.05) is 0 Å². The number of hydrogen-bond acceptors (Lipinski definition) is 3. The lowest BCUT2D eigenvalue weighted by Crippen LogP contribution is -1.98. The van der Waals surface area contributed by atoms with Crippen LogP contribution in [0.1, 0.15) is 16.7 Å². The van der Waals surface area contributed by atoms with E-state index in [2.05, 4.69) is 100 Å². The Bertz CT molecular complexity index is 2960. The summed E-state index contributed by atoms with van der Waals surface area (Å²) in [6.07, 6.45) is 0. The monoisotopic (exact) mass is 635 g/mol. The van der Waals surface area contributed by atoms with E-state index < -0.39 is 0 Å². The molecule has 9 aromatic rings. The third kappa shape index (κ3) is 4.31. The third-order valence-corrected chi connectivity index (χ3v) is 9.65. The molecule has 0 amide bonds. The molecular formula is C45H25N5. The first-order valence-electron chi connectivity index (χ1n) is 16.3. The molecule has 0 spiro atoms. The molecule has 7 aromatic carbocycles. The standard InChI is InChI=1S/C45H25N5/c46-26-29-16-23-44-40(24-29)37-11-3-5-14-42(37)49(44)34-22-21-32(27-47)39(25-34)31-19-17-30(18-20-31)35-9-1-4-13-41(35)50-43-15-6-2-10-36(43)38-12-7-8-33(28-48)45(38)50/h1-25H. The van der Waals surface area contributed by atoms with Crippen LogP contribution < -0.4 is 0 Å². The Morgan fingerprint density at radius 3 is 1.76 bits per heavy atom. The molecule has 0 unspecified atom stereocenters. The van der Waals surface area contributed by atoms with Gasteiger partial charge < -0.3 is 9.13 Å². The maximum absolute atomic E-state index is 10.2. The van der Waals surface area contributed by atoms with Gasteiger partial charge in [-0.25, -0.2) is 0 Å². The van der Waals surface area contributed by atoms with Crippen LogP contribution in [0.5, 0.6) is 0 Å². The Balaban J connectivity index is 1.19. The largest absolute Gasteiger partial charge is 0.309 e. The highest BCUT2D eigenvalue weighted by molar-refractivity contribution is 6.12. The number of fused-ring (bicyclic) bond motifs is 6. The lowest BCUT2D eigenvalue weighted by molar-refractivity contribution is 1.18. The molecule has 0 N–H and O–H groups in total. The number of nitriles is 3. The molecule has 0 saturated heterocycles. The molecule has 2 aromatic heterocycles. The zero-order valence-corrected chi connectivity index (χ0v) is 26.7. The van der Waals surface area contributed by atoms with Crippen LogP contribution in [-0.2, 0) is 0 Å². The predicted molar refractivity (Wildman–Crippen MR) is 200 cm³/mol. The van der Waals surface area contributed by atoms with Gasteiger partial charge in [-0.2, -0.15) is 15.8 Å². The first-order valence-corrected chi connectivity index (χ1v) is 16.3. The van der Waals surface area contributed by atoms with Crippen molar-refractivity contribution >= 4 is 43.6 Å². The van der Waals surface area contributed by atoms with Crippen LogP contribution in [0.25, 0.3) is 77.2 Å². The van der Waals surface area contributed by atoms with E-state index in [0.717, 1.165) is 77.2 Å². The predicted octanol–water partition coefficient (Wildman–Crippen LogP) is 10.8. The summed E-state index contributed by atoms with van der Waals surface area (Å²) in [5, 5.41) is 34.1. The minimum atomic E-state index is 0.587. The molecule has 0 aliphatic carbocycles. The van der Waals surface area contributed by atoms with Crippen LogP contribution >= 0.6 is 0 Å². The number of benzene rings is 7. The van der Waals surface area contributed by atoms with Crippen molar-refractivity contribution in [1.82, 2.24) is 9.13 Å². The van der Waals surface area contributed by atoms with Gasteiger partial charge in [0.1, 0.15) is 6.07 Å². The van der Waals surface area contributed by atoms with Crippen molar-refractivity contribution < 1.29 is 0 Å². The second-order valence-corrected chi connectivity index (χ2v) is 12.3. The minimum absolute atomic E-state index is 0.587. The topological polar surface area (TPSA) is 81.2 Å². The van der Waals surface area contributed by atoms with Gasteiger partial charge in [-0.3, -0.25) is 0 Å². The highest BCUT2D eigenvalue weighted by atomic mass is 15.0. The smallest absolute Gasteiger partial charge is 0.101 e. The van der Waals surface area contributed by atoms with Gasteiger partial charge in [0.2, 0.25) is 0 Å². The Morgan fingerprint density at radius 2 is 1.02 bits per heavy atom. The summed E-state index contributed by atoms with van der Waals surface area (Å²) in [6, 6.07) is 57.8. The molecule has 0 saturated carbocycles. The quantitative estimate of drug-likeness (QED) is 0.193. The summed E-state index contributed by atoms with van der Waals surface area (Å²) in [5.74, 6) is 0. The molecule has 0 aliphatic rings. The van der Waals surface area contributed by atoms with Gasteiger partial charge >= 0.3 is 0 Å². The zero-order valence-electron chi connectivity index (χ0n) is 26.7. The van der Waals surface area contributed by atoms with E-state index >= 15 is 0 Å². The average Bonchev–Trinajstić information content (AvgIpc) is 3.70. The van der Waals surface area contributed by atoms with Crippen LogP contribution in [0, 0.1) is 34.0 Å². The Morgan fingerprint density at radius 1 is 0.400 bits per heavy atom.